The van der Waals surface area contributed by atoms with Crippen molar-refractivity contribution < 1.29 is 19.5 Å². The number of aryl methyl sites for hydroxylation is 1. The fourth-order valence-corrected chi connectivity index (χ4v) is 1.64. The number of carbonyl (C=O) groups is 2. The van der Waals surface area contributed by atoms with Crippen LogP contribution in [0.2, 0.25) is 0 Å². The fraction of sp³-hybridized carbons (Fsp3) is 0.200. The van der Waals surface area contributed by atoms with E-state index in [-0.39, 0.29) is 11.1 Å². The van der Waals surface area contributed by atoms with Gasteiger partial charge >= 0.3 is 11.1 Å². The Morgan fingerprint density at radius 1 is 1.47 bits per heavy atom. The summed E-state index contributed by atoms with van der Waals surface area (Å²) in [4.78, 5) is 36.5. The highest BCUT2D eigenvalue weighted by atomic mass is 35.5. The van der Waals surface area contributed by atoms with E-state index in [0.717, 1.165) is 0 Å². The van der Waals surface area contributed by atoms with Gasteiger partial charge in [0.2, 0.25) is 0 Å². The summed E-state index contributed by atoms with van der Waals surface area (Å²) in [5.41, 5.74) is 0.271. The molecule has 0 aliphatic rings. The van der Waals surface area contributed by atoms with Gasteiger partial charge in [-0.2, -0.15) is 0 Å². The zero-order chi connectivity index (χ0) is 13.0. The van der Waals surface area contributed by atoms with E-state index in [1.54, 1.807) is 13.0 Å². The Bertz CT molecular complexity index is 486. The predicted octanol–water partition coefficient (Wildman–Crippen LogP) is 1.98. The van der Waals surface area contributed by atoms with Crippen LogP contribution in [0.3, 0.4) is 0 Å². The van der Waals surface area contributed by atoms with E-state index in [4.69, 9.17) is 11.6 Å². The average molecular weight is 258 g/mol. The van der Waals surface area contributed by atoms with Gasteiger partial charge in [0.15, 0.2) is 0 Å². The molecule has 0 aliphatic heterocycles. The lowest BCUT2D eigenvalue weighted by Gasteiger charge is -2.08. The summed E-state index contributed by atoms with van der Waals surface area (Å²) in [5, 5.41) is 7.98. The third-order valence-corrected chi connectivity index (χ3v) is 2.29. The van der Waals surface area contributed by atoms with Crippen LogP contribution in [0.5, 0.6) is 0 Å². The van der Waals surface area contributed by atoms with Crippen LogP contribution in [-0.4, -0.2) is 16.3 Å². The van der Waals surface area contributed by atoms with Crippen LogP contribution in [0.1, 0.15) is 33.2 Å². The number of halogens is 1. The first-order valence-corrected chi connectivity index (χ1v) is 5.03. The Hall–Kier alpha value is -1.95. The van der Waals surface area contributed by atoms with Crippen LogP contribution in [0.25, 0.3) is 0 Å². The second kappa shape index (κ2) is 5.40. The molecular formula is C10H8ClNO5. The van der Waals surface area contributed by atoms with Gasteiger partial charge in [0.25, 0.3) is 5.24 Å². The van der Waals surface area contributed by atoms with E-state index in [1.165, 1.54) is 12.1 Å². The first-order valence-electron chi connectivity index (χ1n) is 4.65. The minimum atomic E-state index is -1.23. The molecule has 7 heteroatoms. The molecule has 0 bridgehead atoms. The molecule has 0 saturated heterocycles. The maximum Gasteiger partial charge on any atom is 0.335 e. The fourth-order valence-electron chi connectivity index (χ4n) is 1.41. The maximum absolute atomic E-state index is 11.4. The first kappa shape index (κ1) is 13.1. The van der Waals surface area contributed by atoms with E-state index in [0.29, 0.717) is 12.0 Å². The quantitative estimate of drug-likeness (QED) is 0.468. The van der Waals surface area contributed by atoms with Gasteiger partial charge in [0.1, 0.15) is 0 Å². The molecule has 0 saturated carbocycles. The van der Waals surface area contributed by atoms with Gasteiger partial charge in [-0.05, 0) is 29.7 Å². The van der Waals surface area contributed by atoms with Gasteiger partial charge in [-0.15, -0.1) is 10.1 Å². The molecule has 0 atom stereocenters. The van der Waals surface area contributed by atoms with Gasteiger partial charge in [0, 0.05) is 0 Å². The molecular weight excluding hydrogens is 250 g/mol. The monoisotopic (exact) mass is 257 g/mol. The molecule has 0 spiro atoms. The van der Waals surface area contributed by atoms with E-state index < -0.39 is 16.3 Å². The Morgan fingerprint density at radius 3 is 2.59 bits per heavy atom. The summed E-state index contributed by atoms with van der Waals surface area (Å²) in [6, 6.07) is 4.36. The van der Waals surface area contributed by atoms with Gasteiger partial charge in [-0.3, -0.25) is 9.59 Å². The third kappa shape index (κ3) is 3.01. The summed E-state index contributed by atoms with van der Waals surface area (Å²) in [7, 11) is 0. The number of benzene rings is 1. The van der Waals surface area contributed by atoms with Gasteiger partial charge in [0.05, 0.1) is 11.1 Å². The lowest BCUT2D eigenvalue weighted by molar-refractivity contribution is -0.727. The molecule has 1 aromatic carbocycles. The summed E-state index contributed by atoms with van der Waals surface area (Å²) in [5.74, 6) is -1.21. The SMILES string of the molecule is CCc1cccc(C(=O)O[N+](=O)[O-])c1C(=O)Cl. The molecule has 17 heavy (non-hydrogen) atoms. The zero-order valence-electron chi connectivity index (χ0n) is 8.81. The highest BCUT2D eigenvalue weighted by Gasteiger charge is 2.21. The normalized spacial score (nSPS) is 9.76. The van der Waals surface area contributed by atoms with Gasteiger partial charge in [-0.25, -0.2) is 4.84 Å². The minimum Gasteiger partial charge on any atom is -0.276 e. The van der Waals surface area contributed by atoms with E-state index in [2.05, 4.69) is 4.84 Å². The van der Waals surface area contributed by atoms with Crippen LogP contribution < -0.4 is 0 Å². The smallest absolute Gasteiger partial charge is 0.276 e. The molecule has 0 unspecified atom stereocenters. The second-order valence-corrected chi connectivity index (χ2v) is 3.41. The zero-order valence-corrected chi connectivity index (χ0v) is 9.56. The molecule has 1 rings (SSSR count). The molecule has 0 fully saturated rings. The molecule has 0 aliphatic carbocycles. The van der Waals surface area contributed by atoms with Gasteiger partial charge < -0.3 is 0 Å². The third-order valence-electron chi connectivity index (χ3n) is 2.11. The molecule has 0 radical (unpaired) electrons. The van der Waals surface area contributed by atoms with E-state index in [1.807, 2.05) is 0 Å². The molecule has 0 amide bonds. The Kier molecular flexibility index (Phi) is 4.17. The number of hydrogen-bond acceptors (Lipinski definition) is 5. The summed E-state index contributed by atoms with van der Waals surface area (Å²) >= 11 is 5.36. The van der Waals surface area contributed by atoms with Crippen molar-refractivity contribution in [2.75, 3.05) is 0 Å². The number of carbonyl (C=O) groups excluding carboxylic acids is 2. The van der Waals surface area contributed by atoms with E-state index in [9.17, 15) is 19.7 Å². The van der Waals surface area contributed by atoms with Crippen LogP contribution in [0.15, 0.2) is 18.2 Å². The molecule has 6 nitrogen and oxygen atoms in total. The second-order valence-electron chi connectivity index (χ2n) is 3.07. The lowest BCUT2D eigenvalue weighted by atomic mass is 10.0. The Morgan fingerprint density at radius 2 is 2.12 bits per heavy atom. The summed E-state index contributed by atoms with van der Waals surface area (Å²) in [6.45, 7) is 1.77. The van der Waals surface area contributed by atoms with Crippen molar-refractivity contribution in [3.63, 3.8) is 0 Å². The molecule has 1 aromatic rings. The maximum atomic E-state index is 11.4. The molecule has 0 aromatic heterocycles. The van der Waals surface area contributed by atoms with Crippen molar-refractivity contribution in [3.05, 3.63) is 45.0 Å². The summed E-state index contributed by atoms with van der Waals surface area (Å²) < 4.78 is 0. The predicted molar refractivity (Wildman–Crippen MR) is 58.4 cm³/mol. The highest BCUT2D eigenvalue weighted by molar-refractivity contribution is 6.68. The molecule has 0 N–H and O–H groups in total. The number of hydrogen-bond donors (Lipinski definition) is 0. The topological polar surface area (TPSA) is 86.5 Å². The number of rotatable bonds is 4. The standard InChI is InChI=1S/C10H8ClNO5/c1-2-6-4-3-5-7(8(6)9(11)13)10(14)17-12(15)16/h3-5H,2H2,1H3. The number of nitrogens with zero attached hydrogens (tertiary/aromatic N) is 1. The molecule has 90 valence electrons. The Balaban J connectivity index is 3.28. The first-order chi connectivity index (χ1) is 7.97. The lowest BCUT2D eigenvalue weighted by Crippen LogP contribution is -2.15. The van der Waals surface area contributed by atoms with Crippen molar-refractivity contribution in [1.82, 2.24) is 0 Å². The largest absolute Gasteiger partial charge is 0.335 e. The summed E-state index contributed by atoms with van der Waals surface area (Å²) in [6.07, 6.45) is 0.466. The van der Waals surface area contributed by atoms with Crippen LogP contribution in [0.4, 0.5) is 0 Å². The van der Waals surface area contributed by atoms with Crippen molar-refractivity contribution in [2.45, 2.75) is 13.3 Å². The van der Waals surface area contributed by atoms with Crippen molar-refractivity contribution >= 4 is 22.8 Å². The van der Waals surface area contributed by atoms with Crippen molar-refractivity contribution in [1.29, 1.82) is 0 Å². The Labute approximate surface area is 101 Å². The average Bonchev–Trinajstić information content (AvgIpc) is 2.26. The van der Waals surface area contributed by atoms with Crippen molar-refractivity contribution in [2.24, 2.45) is 0 Å². The van der Waals surface area contributed by atoms with Gasteiger partial charge in [-0.1, -0.05) is 19.1 Å². The van der Waals surface area contributed by atoms with Crippen LogP contribution in [-0.2, 0) is 11.3 Å². The van der Waals surface area contributed by atoms with Crippen LogP contribution >= 0.6 is 11.6 Å². The minimum absolute atomic E-state index is 0.0523. The van der Waals surface area contributed by atoms with Crippen LogP contribution in [0, 0.1) is 10.1 Å². The highest BCUT2D eigenvalue weighted by Crippen LogP contribution is 2.19. The van der Waals surface area contributed by atoms with Crippen molar-refractivity contribution in [3.8, 4) is 0 Å². The van der Waals surface area contributed by atoms with E-state index >= 15 is 0 Å². The molecule has 0 heterocycles.